The van der Waals surface area contributed by atoms with Crippen LogP contribution in [0, 0.1) is 40.9 Å². The highest BCUT2D eigenvalue weighted by atomic mass is 16.7. The van der Waals surface area contributed by atoms with Crippen molar-refractivity contribution >= 4 is 0 Å². The van der Waals surface area contributed by atoms with Gasteiger partial charge in [0.05, 0.1) is 12.2 Å². The molecule has 2 fully saturated rings. The van der Waals surface area contributed by atoms with Crippen molar-refractivity contribution in [1.29, 1.82) is 5.26 Å². The Hall–Kier alpha value is -0.850. The quantitative estimate of drug-likeness (QED) is 0.579. The Morgan fingerprint density at radius 1 is 1.21 bits per heavy atom. The summed E-state index contributed by atoms with van der Waals surface area (Å²) in [6.45, 7) is 0.399. The van der Waals surface area contributed by atoms with Crippen molar-refractivity contribution in [3.8, 4) is 6.07 Å². The largest absolute Gasteiger partial charge is 0.359 e. The van der Waals surface area contributed by atoms with Crippen LogP contribution in [0.25, 0.3) is 0 Å². The van der Waals surface area contributed by atoms with Crippen LogP contribution < -0.4 is 0 Å². The molecule has 19 heavy (non-hydrogen) atoms. The Labute approximate surface area is 115 Å². The molecule has 0 heterocycles. The van der Waals surface area contributed by atoms with Crippen molar-refractivity contribution in [2.24, 2.45) is 29.6 Å². The number of nitrogens with zero attached hydrogens (tertiary/aromatic N) is 1. The summed E-state index contributed by atoms with van der Waals surface area (Å²) in [7, 11) is 1.68. The van der Waals surface area contributed by atoms with Crippen LogP contribution in [0.1, 0.15) is 32.1 Å². The Kier molecular flexibility index (Phi) is 3.91. The molecule has 0 spiro atoms. The van der Waals surface area contributed by atoms with Gasteiger partial charge in [-0.1, -0.05) is 18.6 Å². The zero-order valence-electron chi connectivity index (χ0n) is 11.6. The third-order valence-electron chi connectivity index (χ3n) is 5.33. The third-order valence-corrected chi connectivity index (χ3v) is 5.33. The predicted molar refractivity (Wildman–Crippen MR) is 72.0 cm³/mol. The summed E-state index contributed by atoms with van der Waals surface area (Å²) >= 11 is 0. The third kappa shape index (κ3) is 2.44. The molecule has 0 aromatic rings. The Morgan fingerprint density at radius 3 is 2.89 bits per heavy atom. The van der Waals surface area contributed by atoms with Crippen molar-refractivity contribution < 1.29 is 9.47 Å². The summed E-state index contributed by atoms with van der Waals surface area (Å²) in [5.74, 6) is 2.91. The smallest absolute Gasteiger partial charge is 0.146 e. The molecule has 3 heteroatoms. The fourth-order valence-corrected chi connectivity index (χ4v) is 4.52. The average Bonchev–Trinajstić information content (AvgIpc) is 2.88. The Morgan fingerprint density at radius 2 is 2.11 bits per heavy atom. The number of hydrogen-bond acceptors (Lipinski definition) is 3. The zero-order valence-corrected chi connectivity index (χ0v) is 11.6. The topological polar surface area (TPSA) is 42.2 Å². The van der Waals surface area contributed by atoms with Crippen LogP contribution in [-0.4, -0.2) is 20.0 Å². The monoisotopic (exact) mass is 261 g/mol. The van der Waals surface area contributed by atoms with Crippen molar-refractivity contribution in [3.05, 3.63) is 12.2 Å². The number of rotatable bonds is 3. The Balaban J connectivity index is 1.73. The van der Waals surface area contributed by atoms with Crippen LogP contribution in [-0.2, 0) is 9.47 Å². The van der Waals surface area contributed by atoms with E-state index in [4.69, 9.17) is 14.7 Å². The van der Waals surface area contributed by atoms with Crippen LogP contribution in [0.2, 0.25) is 0 Å². The van der Waals surface area contributed by atoms with Crippen LogP contribution in [0.4, 0.5) is 0 Å². The lowest BCUT2D eigenvalue weighted by Gasteiger charge is -2.43. The van der Waals surface area contributed by atoms with E-state index in [1.165, 1.54) is 12.8 Å². The standard InChI is InChI=1S/C16H23NO2/c1-18-10-19-16-4-2-3-13-14(16)6-5-12-7-11(9-17)8-15(12)13/h5-6,11-16H,2-4,7-8,10H2,1H3/t11?,12-,13-,14+,15+,16?/m0/s1. The van der Waals surface area contributed by atoms with E-state index in [1.807, 2.05) is 0 Å². The fourth-order valence-electron chi connectivity index (χ4n) is 4.52. The van der Waals surface area contributed by atoms with E-state index >= 15 is 0 Å². The first-order chi connectivity index (χ1) is 9.33. The van der Waals surface area contributed by atoms with Crippen LogP contribution in [0.15, 0.2) is 12.2 Å². The fraction of sp³-hybridized carbons (Fsp3) is 0.812. The predicted octanol–water partition coefficient (Wildman–Crippen LogP) is 3.13. The molecule has 3 aliphatic rings. The Bertz CT molecular complexity index is 387. The van der Waals surface area contributed by atoms with Gasteiger partial charge < -0.3 is 9.47 Å². The SMILES string of the molecule is COCOC1CCC[C@@H]2[C@@H]3CC(C#N)C[C@@H]3C=C[C@@H]12. The van der Waals surface area contributed by atoms with Gasteiger partial charge in [0, 0.05) is 18.9 Å². The maximum atomic E-state index is 9.16. The maximum Gasteiger partial charge on any atom is 0.146 e. The molecule has 104 valence electrons. The molecule has 3 rings (SSSR count). The summed E-state index contributed by atoms with van der Waals surface area (Å²) in [6, 6.07) is 2.48. The van der Waals surface area contributed by atoms with Gasteiger partial charge in [0.15, 0.2) is 0 Å². The molecule has 0 aromatic carbocycles. The zero-order chi connectivity index (χ0) is 13.2. The van der Waals surface area contributed by atoms with Crippen molar-refractivity contribution in [3.63, 3.8) is 0 Å². The van der Waals surface area contributed by atoms with Crippen molar-refractivity contribution in [2.75, 3.05) is 13.9 Å². The minimum Gasteiger partial charge on any atom is -0.359 e. The summed E-state index contributed by atoms with van der Waals surface area (Å²) in [6.07, 6.45) is 11.0. The van der Waals surface area contributed by atoms with Gasteiger partial charge >= 0.3 is 0 Å². The normalized spacial score (nSPS) is 44.4. The number of fused-ring (bicyclic) bond motifs is 3. The van der Waals surface area contributed by atoms with E-state index in [0.717, 1.165) is 25.2 Å². The molecule has 2 saturated carbocycles. The number of hydrogen-bond donors (Lipinski definition) is 0. The first kappa shape index (κ1) is 13.1. The maximum absolute atomic E-state index is 9.16. The second-order valence-electron chi connectivity index (χ2n) is 6.29. The highest BCUT2D eigenvalue weighted by Gasteiger charge is 2.46. The van der Waals surface area contributed by atoms with E-state index in [2.05, 4.69) is 18.2 Å². The van der Waals surface area contributed by atoms with Gasteiger partial charge in [-0.2, -0.15) is 5.26 Å². The van der Waals surface area contributed by atoms with E-state index in [0.29, 0.717) is 30.7 Å². The van der Waals surface area contributed by atoms with Crippen molar-refractivity contribution in [2.45, 2.75) is 38.2 Å². The van der Waals surface area contributed by atoms with Gasteiger partial charge in [-0.05, 0) is 43.4 Å². The summed E-state index contributed by atoms with van der Waals surface area (Å²) < 4.78 is 10.9. The number of nitriles is 1. The molecule has 0 bridgehead atoms. The number of allylic oxidation sites excluding steroid dienone is 1. The second-order valence-corrected chi connectivity index (χ2v) is 6.29. The molecule has 0 amide bonds. The van der Waals surface area contributed by atoms with Crippen LogP contribution >= 0.6 is 0 Å². The van der Waals surface area contributed by atoms with Crippen molar-refractivity contribution in [1.82, 2.24) is 0 Å². The number of ether oxygens (including phenoxy) is 2. The second kappa shape index (κ2) is 5.64. The molecule has 3 aliphatic carbocycles. The minimum absolute atomic E-state index is 0.277. The molecule has 0 saturated heterocycles. The first-order valence-electron chi connectivity index (χ1n) is 7.52. The first-order valence-corrected chi connectivity index (χ1v) is 7.52. The summed E-state index contributed by atoms with van der Waals surface area (Å²) in [4.78, 5) is 0. The number of methoxy groups -OCH3 is 1. The van der Waals surface area contributed by atoms with Gasteiger partial charge in [-0.15, -0.1) is 0 Å². The average molecular weight is 261 g/mol. The van der Waals surface area contributed by atoms with E-state index < -0.39 is 0 Å². The molecule has 2 unspecified atom stereocenters. The van der Waals surface area contributed by atoms with E-state index in [-0.39, 0.29) is 5.92 Å². The highest BCUT2D eigenvalue weighted by molar-refractivity contribution is 5.13. The summed E-state index contributed by atoms with van der Waals surface area (Å²) in [5.41, 5.74) is 0. The molecule has 6 atom stereocenters. The van der Waals surface area contributed by atoms with Gasteiger partial charge in [-0.3, -0.25) is 0 Å². The van der Waals surface area contributed by atoms with E-state index in [9.17, 15) is 0 Å². The molecule has 3 nitrogen and oxygen atoms in total. The highest BCUT2D eigenvalue weighted by Crippen LogP contribution is 2.51. The molecule has 0 N–H and O–H groups in total. The minimum atomic E-state index is 0.277. The van der Waals surface area contributed by atoms with E-state index in [1.54, 1.807) is 7.11 Å². The lowest BCUT2D eigenvalue weighted by molar-refractivity contribution is -0.111. The van der Waals surface area contributed by atoms with Gasteiger partial charge in [0.25, 0.3) is 0 Å². The molecular weight excluding hydrogens is 238 g/mol. The lowest BCUT2D eigenvalue weighted by atomic mass is 9.65. The lowest BCUT2D eigenvalue weighted by Crippen LogP contribution is -2.40. The molecule has 0 aliphatic heterocycles. The molecule has 0 aromatic heterocycles. The van der Waals surface area contributed by atoms with Crippen LogP contribution in [0.5, 0.6) is 0 Å². The van der Waals surface area contributed by atoms with Gasteiger partial charge in [-0.25, -0.2) is 0 Å². The molecule has 0 radical (unpaired) electrons. The summed E-state index contributed by atoms with van der Waals surface area (Å²) in [5, 5.41) is 9.16. The van der Waals surface area contributed by atoms with Crippen LogP contribution in [0.3, 0.4) is 0 Å². The van der Waals surface area contributed by atoms with Gasteiger partial charge in [0.1, 0.15) is 6.79 Å². The van der Waals surface area contributed by atoms with Gasteiger partial charge in [0.2, 0.25) is 0 Å². The molecular formula is C16H23NO2.